The number of carbonyl (C=O) groups is 1. The summed E-state index contributed by atoms with van der Waals surface area (Å²) in [5.74, 6) is 0.000200. The summed E-state index contributed by atoms with van der Waals surface area (Å²) in [6, 6.07) is 4.31. The Labute approximate surface area is 103 Å². The molecule has 0 saturated heterocycles. The summed E-state index contributed by atoms with van der Waals surface area (Å²) in [6.45, 7) is 3.88. The van der Waals surface area contributed by atoms with Crippen molar-refractivity contribution in [2.45, 2.75) is 13.8 Å². The number of Topliss-reactive ketones (excluding diaryl/α,β-unsaturated/α-hetero) is 1. The van der Waals surface area contributed by atoms with Crippen LogP contribution in [0.2, 0.25) is 0 Å². The molecular formula is C12H14BrFO2. The maximum Gasteiger partial charge on any atom is 0.162 e. The summed E-state index contributed by atoms with van der Waals surface area (Å²) in [5, 5.41) is 0.834. The van der Waals surface area contributed by atoms with E-state index in [1.165, 1.54) is 19.1 Å². The zero-order valence-electron chi connectivity index (χ0n) is 9.30. The van der Waals surface area contributed by atoms with E-state index < -0.39 is 5.82 Å². The minimum absolute atomic E-state index is 0.0980. The van der Waals surface area contributed by atoms with E-state index in [2.05, 4.69) is 15.9 Å². The molecule has 0 saturated carbocycles. The van der Waals surface area contributed by atoms with Crippen molar-refractivity contribution in [2.75, 3.05) is 11.9 Å². The number of rotatable bonds is 5. The van der Waals surface area contributed by atoms with Crippen molar-refractivity contribution in [1.82, 2.24) is 0 Å². The van der Waals surface area contributed by atoms with Crippen LogP contribution in [0, 0.1) is 11.7 Å². The molecule has 0 aromatic heterocycles. The van der Waals surface area contributed by atoms with Gasteiger partial charge in [-0.05, 0) is 25.0 Å². The highest BCUT2D eigenvalue weighted by molar-refractivity contribution is 9.09. The zero-order valence-corrected chi connectivity index (χ0v) is 10.9. The monoisotopic (exact) mass is 288 g/mol. The standard InChI is InChI=1S/C12H14BrFO2/c1-8(6-13)7-16-10-3-4-11(9(2)15)12(14)5-10/h3-5,8H,6-7H2,1-2H3. The molecule has 1 rings (SSSR count). The van der Waals surface area contributed by atoms with Crippen LogP contribution in [0.4, 0.5) is 4.39 Å². The van der Waals surface area contributed by atoms with Gasteiger partial charge in [-0.2, -0.15) is 0 Å². The van der Waals surface area contributed by atoms with Gasteiger partial charge in [0, 0.05) is 11.4 Å². The molecule has 0 heterocycles. The van der Waals surface area contributed by atoms with E-state index in [0.717, 1.165) is 5.33 Å². The largest absolute Gasteiger partial charge is 0.493 e. The second kappa shape index (κ2) is 5.99. The number of benzene rings is 1. The maximum absolute atomic E-state index is 13.4. The highest BCUT2D eigenvalue weighted by atomic mass is 79.9. The third-order valence-electron chi connectivity index (χ3n) is 2.12. The van der Waals surface area contributed by atoms with Crippen molar-refractivity contribution in [3.05, 3.63) is 29.6 Å². The molecule has 0 radical (unpaired) electrons. The van der Waals surface area contributed by atoms with E-state index in [1.54, 1.807) is 6.07 Å². The van der Waals surface area contributed by atoms with Crippen molar-refractivity contribution in [3.63, 3.8) is 0 Å². The second-order valence-corrected chi connectivity index (χ2v) is 4.42. The molecule has 4 heteroatoms. The summed E-state index contributed by atoms with van der Waals surface area (Å²) in [6.07, 6.45) is 0. The first-order valence-corrected chi connectivity index (χ1v) is 6.16. The second-order valence-electron chi connectivity index (χ2n) is 3.77. The zero-order chi connectivity index (χ0) is 12.1. The first kappa shape index (κ1) is 13.2. The number of alkyl halides is 1. The van der Waals surface area contributed by atoms with Crippen molar-refractivity contribution in [1.29, 1.82) is 0 Å². The highest BCUT2D eigenvalue weighted by Crippen LogP contribution is 2.18. The van der Waals surface area contributed by atoms with E-state index in [-0.39, 0.29) is 11.3 Å². The fourth-order valence-corrected chi connectivity index (χ4v) is 1.34. The number of ether oxygens (including phenoxy) is 1. The fourth-order valence-electron chi connectivity index (χ4n) is 1.15. The first-order valence-electron chi connectivity index (χ1n) is 5.04. The van der Waals surface area contributed by atoms with Crippen LogP contribution >= 0.6 is 15.9 Å². The van der Waals surface area contributed by atoms with E-state index >= 15 is 0 Å². The number of ketones is 1. The minimum Gasteiger partial charge on any atom is -0.493 e. The lowest BCUT2D eigenvalue weighted by Gasteiger charge is -2.10. The van der Waals surface area contributed by atoms with Gasteiger partial charge in [0.2, 0.25) is 0 Å². The van der Waals surface area contributed by atoms with Crippen LogP contribution in [0.15, 0.2) is 18.2 Å². The molecule has 16 heavy (non-hydrogen) atoms. The van der Waals surface area contributed by atoms with Gasteiger partial charge >= 0.3 is 0 Å². The lowest BCUT2D eigenvalue weighted by molar-refractivity contribution is 0.101. The molecule has 0 spiro atoms. The normalized spacial score (nSPS) is 12.2. The van der Waals surface area contributed by atoms with Crippen molar-refractivity contribution in [2.24, 2.45) is 5.92 Å². The molecule has 1 aromatic rings. The third kappa shape index (κ3) is 3.59. The molecule has 88 valence electrons. The van der Waals surface area contributed by atoms with Gasteiger partial charge in [0.1, 0.15) is 11.6 Å². The number of hydrogen-bond acceptors (Lipinski definition) is 2. The number of carbonyl (C=O) groups excluding carboxylic acids is 1. The van der Waals surface area contributed by atoms with E-state index in [1.807, 2.05) is 6.92 Å². The predicted molar refractivity (Wildman–Crippen MR) is 64.9 cm³/mol. The maximum atomic E-state index is 13.4. The Kier molecular flexibility index (Phi) is 4.93. The number of halogens is 2. The molecule has 1 aromatic carbocycles. The minimum atomic E-state index is -0.531. The summed E-state index contributed by atoms with van der Waals surface area (Å²) in [4.78, 5) is 11.0. The number of hydrogen-bond donors (Lipinski definition) is 0. The molecule has 0 fully saturated rings. The van der Waals surface area contributed by atoms with E-state index in [9.17, 15) is 9.18 Å². The first-order chi connectivity index (χ1) is 7.54. The summed E-state index contributed by atoms with van der Waals surface area (Å²) in [5.41, 5.74) is 0.0980. The molecule has 0 aliphatic rings. The van der Waals surface area contributed by atoms with Crippen molar-refractivity contribution < 1.29 is 13.9 Å². The van der Waals surface area contributed by atoms with E-state index in [0.29, 0.717) is 18.3 Å². The van der Waals surface area contributed by atoms with Gasteiger partial charge in [0.15, 0.2) is 5.78 Å². The Morgan fingerprint density at radius 3 is 2.75 bits per heavy atom. The molecule has 0 aliphatic heterocycles. The molecule has 0 amide bonds. The predicted octanol–water partition coefficient (Wildman–Crippen LogP) is 3.44. The Balaban J connectivity index is 2.70. The van der Waals surface area contributed by atoms with Gasteiger partial charge in [-0.25, -0.2) is 4.39 Å². The summed E-state index contributed by atoms with van der Waals surface area (Å²) >= 11 is 3.33. The molecule has 0 aliphatic carbocycles. The van der Waals surface area contributed by atoms with Crippen LogP contribution in [-0.4, -0.2) is 17.7 Å². The third-order valence-corrected chi connectivity index (χ3v) is 3.22. The molecule has 1 atom stereocenters. The van der Waals surface area contributed by atoms with E-state index in [4.69, 9.17) is 4.74 Å². The van der Waals surface area contributed by atoms with Crippen molar-refractivity contribution >= 4 is 21.7 Å². The quantitative estimate of drug-likeness (QED) is 0.613. The molecule has 0 bridgehead atoms. The molecule has 0 N–H and O–H groups in total. The topological polar surface area (TPSA) is 26.3 Å². The summed E-state index contributed by atoms with van der Waals surface area (Å²) in [7, 11) is 0. The van der Waals surface area contributed by atoms with Crippen LogP contribution in [-0.2, 0) is 0 Å². The Morgan fingerprint density at radius 2 is 2.25 bits per heavy atom. The smallest absolute Gasteiger partial charge is 0.162 e. The highest BCUT2D eigenvalue weighted by Gasteiger charge is 2.09. The van der Waals surface area contributed by atoms with Crippen LogP contribution < -0.4 is 4.74 Å². The van der Waals surface area contributed by atoms with Crippen LogP contribution in [0.1, 0.15) is 24.2 Å². The summed E-state index contributed by atoms with van der Waals surface area (Å²) < 4.78 is 18.8. The Bertz CT molecular complexity index is 379. The van der Waals surface area contributed by atoms with Crippen LogP contribution in [0.3, 0.4) is 0 Å². The average Bonchev–Trinajstić information content (AvgIpc) is 2.25. The average molecular weight is 289 g/mol. The van der Waals surface area contributed by atoms with Gasteiger partial charge in [0.25, 0.3) is 0 Å². The van der Waals surface area contributed by atoms with Gasteiger partial charge < -0.3 is 4.74 Å². The molecular weight excluding hydrogens is 275 g/mol. The van der Waals surface area contributed by atoms with Gasteiger partial charge in [0.05, 0.1) is 12.2 Å². The molecule has 2 nitrogen and oxygen atoms in total. The lowest BCUT2D eigenvalue weighted by Crippen LogP contribution is -2.09. The van der Waals surface area contributed by atoms with Gasteiger partial charge in [-0.15, -0.1) is 0 Å². The van der Waals surface area contributed by atoms with Crippen molar-refractivity contribution in [3.8, 4) is 5.75 Å². The van der Waals surface area contributed by atoms with Crippen LogP contribution in [0.25, 0.3) is 0 Å². The Morgan fingerprint density at radius 1 is 1.56 bits per heavy atom. The Hall–Kier alpha value is -0.900. The molecule has 1 unspecified atom stereocenters. The lowest BCUT2D eigenvalue weighted by atomic mass is 10.1. The SMILES string of the molecule is CC(=O)c1ccc(OCC(C)CBr)cc1F. The fraction of sp³-hybridized carbons (Fsp3) is 0.417. The van der Waals surface area contributed by atoms with Crippen LogP contribution in [0.5, 0.6) is 5.75 Å². The van der Waals surface area contributed by atoms with Gasteiger partial charge in [-0.3, -0.25) is 4.79 Å². The van der Waals surface area contributed by atoms with Gasteiger partial charge in [-0.1, -0.05) is 22.9 Å².